The molecule has 1 amide bonds. The number of hydrogen-bond donors (Lipinski definition) is 2. The molecule has 0 saturated carbocycles. The summed E-state index contributed by atoms with van der Waals surface area (Å²) < 4.78 is 0. The number of amides is 1. The van der Waals surface area contributed by atoms with Gasteiger partial charge >= 0.3 is 0 Å². The number of carbonyl (C=O) groups is 1. The Hall–Kier alpha value is -2.50. The predicted octanol–water partition coefficient (Wildman–Crippen LogP) is 4.71. The van der Waals surface area contributed by atoms with Crippen LogP contribution in [0.5, 0.6) is 0 Å². The summed E-state index contributed by atoms with van der Waals surface area (Å²) in [6, 6.07) is 20.5. The Morgan fingerprint density at radius 3 is 2.23 bits per heavy atom. The Bertz CT molecular complexity index is 807. The lowest BCUT2D eigenvalue weighted by Crippen LogP contribution is -2.28. The third kappa shape index (κ3) is 4.18. The zero-order valence-electron chi connectivity index (χ0n) is 14.6. The van der Waals surface area contributed by atoms with Crippen molar-refractivity contribution in [2.45, 2.75) is 31.1 Å². The molecule has 5 heteroatoms. The molecule has 26 heavy (non-hydrogen) atoms. The zero-order valence-corrected chi connectivity index (χ0v) is 15.4. The van der Waals surface area contributed by atoms with Crippen LogP contribution >= 0.6 is 11.3 Å². The fourth-order valence-corrected chi connectivity index (χ4v) is 4.13. The van der Waals surface area contributed by atoms with E-state index < -0.39 is 11.8 Å². The minimum atomic E-state index is -0.489. The third-order valence-corrected chi connectivity index (χ3v) is 5.71. The minimum absolute atomic E-state index is 0.116. The zero-order chi connectivity index (χ0) is 18.4. The second kappa shape index (κ2) is 8.74. The highest BCUT2D eigenvalue weighted by molar-refractivity contribution is 7.09. The van der Waals surface area contributed by atoms with Crippen LogP contribution in [0, 0.1) is 0 Å². The van der Waals surface area contributed by atoms with E-state index in [1.165, 1.54) is 22.5 Å². The number of carbonyl (C=O) groups excluding carboxylic acids is 1. The monoisotopic (exact) mass is 366 g/mol. The van der Waals surface area contributed by atoms with Crippen LogP contribution < -0.4 is 5.48 Å². The van der Waals surface area contributed by atoms with Crippen molar-refractivity contribution in [2.24, 2.45) is 0 Å². The number of benzene rings is 2. The molecule has 0 spiro atoms. The van der Waals surface area contributed by atoms with E-state index in [4.69, 9.17) is 0 Å². The van der Waals surface area contributed by atoms with Gasteiger partial charge in [0.15, 0.2) is 0 Å². The molecule has 0 aliphatic rings. The number of rotatable bonds is 7. The highest BCUT2D eigenvalue weighted by atomic mass is 32.1. The maximum atomic E-state index is 12.3. The molecule has 3 rings (SSSR count). The molecular formula is C21H22N2O2S. The third-order valence-electron chi connectivity index (χ3n) is 4.82. The van der Waals surface area contributed by atoms with Crippen LogP contribution in [0.2, 0.25) is 0 Å². The lowest BCUT2D eigenvalue weighted by molar-refractivity contribution is -0.131. The first-order chi connectivity index (χ1) is 12.7. The summed E-state index contributed by atoms with van der Waals surface area (Å²) in [6.07, 6.45) is 2.26. The van der Waals surface area contributed by atoms with Gasteiger partial charge in [0.2, 0.25) is 0 Å². The Morgan fingerprint density at radius 1 is 1.08 bits per heavy atom. The van der Waals surface area contributed by atoms with Gasteiger partial charge in [0.25, 0.3) is 5.91 Å². The summed E-state index contributed by atoms with van der Waals surface area (Å²) in [5.41, 5.74) is 4.22. The van der Waals surface area contributed by atoms with Gasteiger partial charge in [-0.1, -0.05) is 67.6 Å². The molecule has 0 bridgehead atoms. The van der Waals surface area contributed by atoms with E-state index in [0.29, 0.717) is 6.42 Å². The first-order valence-corrected chi connectivity index (χ1v) is 9.52. The molecule has 0 aliphatic carbocycles. The maximum absolute atomic E-state index is 12.3. The largest absolute Gasteiger partial charge is 0.289 e. The van der Waals surface area contributed by atoms with Crippen molar-refractivity contribution >= 4 is 17.2 Å². The molecule has 3 unspecified atom stereocenters. The van der Waals surface area contributed by atoms with Crippen molar-refractivity contribution in [3.8, 4) is 0 Å². The van der Waals surface area contributed by atoms with E-state index in [9.17, 15) is 10.0 Å². The van der Waals surface area contributed by atoms with Crippen molar-refractivity contribution in [1.82, 2.24) is 10.5 Å². The highest BCUT2D eigenvalue weighted by Crippen LogP contribution is 2.40. The van der Waals surface area contributed by atoms with Gasteiger partial charge in [-0.3, -0.25) is 10.0 Å². The van der Waals surface area contributed by atoms with Gasteiger partial charge in [0, 0.05) is 11.6 Å². The first-order valence-electron chi connectivity index (χ1n) is 8.64. The Labute approximate surface area is 157 Å². The molecule has 2 aromatic carbocycles. The first kappa shape index (κ1) is 18.3. The molecule has 2 N–H and O–H groups in total. The van der Waals surface area contributed by atoms with Crippen molar-refractivity contribution in [2.75, 3.05) is 0 Å². The van der Waals surface area contributed by atoms with Crippen molar-refractivity contribution < 1.29 is 10.0 Å². The number of nitrogens with zero attached hydrogens (tertiary/aromatic N) is 1. The van der Waals surface area contributed by atoms with Crippen LogP contribution in [-0.2, 0) is 4.79 Å². The summed E-state index contributed by atoms with van der Waals surface area (Å²) in [5, 5.41) is 11.8. The van der Waals surface area contributed by atoms with Crippen molar-refractivity contribution in [3.05, 3.63) is 88.4 Å². The molecule has 1 aromatic heterocycles. The number of nitrogens with one attached hydrogen (secondary N) is 1. The SMILES string of the molecule is CC(c1ccccc1)C(CC(C(=O)NO)c1nccs1)c1ccccc1. The maximum Gasteiger partial charge on any atom is 0.253 e. The minimum Gasteiger partial charge on any atom is -0.289 e. The molecule has 3 aromatic rings. The lowest BCUT2D eigenvalue weighted by Gasteiger charge is -2.27. The summed E-state index contributed by atoms with van der Waals surface area (Å²) in [6.45, 7) is 2.18. The van der Waals surface area contributed by atoms with E-state index in [1.54, 1.807) is 6.20 Å². The number of hydrogen-bond acceptors (Lipinski definition) is 4. The number of thiazole rings is 1. The van der Waals surface area contributed by atoms with Gasteiger partial charge in [0.1, 0.15) is 5.01 Å². The van der Waals surface area contributed by atoms with Crippen LogP contribution in [0.4, 0.5) is 0 Å². The molecule has 3 atom stereocenters. The fraction of sp³-hybridized carbons (Fsp3) is 0.238. The normalized spacial score (nSPS) is 14.4. The van der Waals surface area contributed by atoms with E-state index in [2.05, 4.69) is 36.2 Å². The summed E-state index contributed by atoms with van der Waals surface area (Å²) in [7, 11) is 0. The van der Waals surface area contributed by atoms with Gasteiger partial charge < -0.3 is 0 Å². The van der Waals surface area contributed by atoms with E-state index in [0.717, 1.165) is 5.01 Å². The van der Waals surface area contributed by atoms with Crippen molar-refractivity contribution in [1.29, 1.82) is 0 Å². The predicted molar refractivity (Wildman–Crippen MR) is 103 cm³/mol. The van der Waals surface area contributed by atoms with E-state index in [-0.39, 0.29) is 11.8 Å². The van der Waals surface area contributed by atoms with E-state index in [1.807, 2.05) is 47.3 Å². The van der Waals surface area contributed by atoms with Gasteiger partial charge in [-0.25, -0.2) is 10.5 Å². The molecule has 0 radical (unpaired) electrons. The van der Waals surface area contributed by atoms with Crippen molar-refractivity contribution in [3.63, 3.8) is 0 Å². The average Bonchev–Trinajstić information content (AvgIpc) is 3.23. The Morgan fingerprint density at radius 2 is 1.69 bits per heavy atom. The van der Waals surface area contributed by atoms with Crippen LogP contribution in [0.15, 0.2) is 72.2 Å². The highest BCUT2D eigenvalue weighted by Gasteiger charge is 2.30. The Kier molecular flexibility index (Phi) is 6.15. The van der Waals surface area contributed by atoms with E-state index >= 15 is 0 Å². The molecule has 1 heterocycles. The standard InChI is InChI=1S/C21H22N2O2S/c1-15(16-8-4-2-5-9-16)18(17-10-6-3-7-11-17)14-19(20(24)23-25)21-22-12-13-26-21/h2-13,15,18-19,25H,14H2,1H3,(H,23,24). The molecule has 134 valence electrons. The topological polar surface area (TPSA) is 62.2 Å². The summed E-state index contributed by atoms with van der Waals surface area (Å²) in [5.74, 6) is -0.574. The van der Waals surface area contributed by atoms with Gasteiger partial charge in [0.05, 0.1) is 5.92 Å². The van der Waals surface area contributed by atoms with Gasteiger partial charge in [-0.15, -0.1) is 11.3 Å². The van der Waals surface area contributed by atoms with Gasteiger partial charge in [-0.05, 0) is 29.4 Å². The number of hydroxylamine groups is 1. The fourth-order valence-electron chi connectivity index (χ4n) is 3.38. The Balaban J connectivity index is 1.96. The molecule has 0 aliphatic heterocycles. The van der Waals surface area contributed by atoms with Crippen LogP contribution in [-0.4, -0.2) is 16.1 Å². The molecular weight excluding hydrogens is 344 g/mol. The average molecular weight is 366 g/mol. The van der Waals surface area contributed by atoms with Crippen LogP contribution in [0.3, 0.4) is 0 Å². The van der Waals surface area contributed by atoms with Crippen LogP contribution in [0.25, 0.3) is 0 Å². The summed E-state index contributed by atoms with van der Waals surface area (Å²) >= 11 is 1.44. The number of aromatic nitrogens is 1. The second-order valence-corrected chi connectivity index (χ2v) is 7.28. The van der Waals surface area contributed by atoms with Crippen LogP contribution in [0.1, 0.15) is 47.2 Å². The van der Waals surface area contributed by atoms with Gasteiger partial charge in [-0.2, -0.15) is 0 Å². The molecule has 0 saturated heterocycles. The second-order valence-electron chi connectivity index (χ2n) is 6.35. The summed E-state index contributed by atoms with van der Waals surface area (Å²) in [4.78, 5) is 16.7. The quantitative estimate of drug-likeness (QED) is 0.470. The lowest BCUT2D eigenvalue weighted by atomic mass is 9.77. The smallest absolute Gasteiger partial charge is 0.253 e. The molecule has 0 fully saturated rings. The molecule has 4 nitrogen and oxygen atoms in total.